The highest BCUT2D eigenvalue weighted by Crippen LogP contribution is 2.31. The van der Waals surface area contributed by atoms with Crippen LogP contribution in [0.4, 0.5) is 25.0 Å². The second kappa shape index (κ2) is 16.8. The lowest BCUT2D eigenvalue weighted by Gasteiger charge is -2.36. The number of nitrogens with one attached hydrogen (secondary N) is 2. The van der Waals surface area contributed by atoms with Crippen LogP contribution in [0.3, 0.4) is 0 Å². The first-order valence-electron chi connectivity index (χ1n) is 13.8. The van der Waals surface area contributed by atoms with E-state index in [4.69, 9.17) is 4.74 Å². The minimum absolute atomic E-state index is 0.0397. The van der Waals surface area contributed by atoms with E-state index in [1.165, 1.54) is 4.90 Å². The summed E-state index contributed by atoms with van der Waals surface area (Å²) in [6.45, 7) is 5.04. The molecule has 1 unspecified atom stereocenters. The number of aldehydes is 1. The molecule has 0 spiro atoms. The first-order chi connectivity index (χ1) is 21.3. The Morgan fingerprint density at radius 1 is 1.14 bits per heavy atom. The molecule has 238 valence electrons. The summed E-state index contributed by atoms with van der Waals surface area (Å²) in [5.41, 5.74) is 0.401. The summed E-state index contributed by atoms with van der Waals surface area (Å²) in [7, 11) is 3.42. The lowest BCUT2D eigenvalue weighted by Crippen LogP contribution is -2.51. The van der Waals surface area contributed by atoms with Crippen molar-refractivity contribution in [1.82, 2.24) is 29.9 Å². The third-order valence-corrected chi connectivity index (χ3v) is 6.51. The Labute approximate surface area is 252 Å². The molecule has 0 aliphatic carbocycles. The van der Waals surface area contributed by atoms with Crippen molar-refractivity contribution in [2.45, 2.75) is 13.0 Å². The van der Waals surface area contributed by atoms with Crippen LogP contribution in [0.2, 0.25) is 0 Å². The molecule has 3 aromatic rings. The molecule has 0 radical (unpaired) electrons. The molecule has 2 saturated heterocycles. The Hall–Kier alpha value is -4.70. The zero-order valence-electron chi connectivity index (χ0n) is 24.7. The van der Waals surface area contributed by atoms with Crippen molar-refractivity contribution in [1.29, 1.82) is 0 Å². The van der Waals surface area contributed by atoms with Crippen LogP contribution in [-0.2, 0) is 19.1 Å². The highest BCUT2D eigenvalue weighted by Gasteiger charge is 2.33. The number of imidazole rings is 1. The topological polar surface area (TPSA) is 151 Å². The number of likely N-dealkylation sites (N-methyl/N-ethyl adjacent to an activating group) is 2. The normalized spacial score (nSPS) is 16.0. The van der Waals surface area contributed by atoms with Gasteiger partial charge in [-0.2, -0.15) is 0 Å². The summed E-state index contributed by atoms with van der Waals surface area (Å²) in [4.78, 5) is 55.7. The number of anilines is 2. The van der Waals surface area contributed by atoms with Gasteiger partial charge in [0, 0.05) is 63.4 Å². The van der Waals surface area contributed by atoms with Crippen LogP contribution in [0.5, 0.6) is 0 Å². The van der Waals surface area contributed by atoms with Crippen molar-refractivity contribution in [2.75, 3.05) is 76.3 Å². The van der Waals surface area contributed by atoms with Gasteiger partial charge in [0.2, 0.25) is 11.7 Å². The van der Waals surface area contributed by atoms with Gasteiger partial charge in [0.15, 0.2) is 17.9 Å². The maximum absolute atomic E-state index is 14.7. The molecule has 2 aromatic heterocycles. The summed E-state index contributed by atoms with van der Waals surface area (Å²) in [6.07, 6.45) is 4.78. The van der Waals surface area contributed by atoms with Crippen LogP contribution in [-0.4, -0.2) is 117 Å². The fourth-order valence-electron chi connectivity index (χ4n) is 4.49. The molecule has 0 saturated carbocycles. The Balaban J connectivity index is 0.000000269. The van der Waals surface area contributed by atoms with Crippen LogP contribution in [0.25, 0.3) is 5.78 Å². The molecule has 16 heteroatoms. The number of carbonyl (C=O) groups is 4. The number of ether oxygens (including phenoxy) is 2. The van der Waals surface area contributed by atoms with Crippen LogP contribution in [0, 0.1) is 11.6 Å². The third kappa shape index (κ3) is 8.90. The molecule has 2 aliphatic rings. The van der Waals surface area contributed by atoms with E-state index < -0.39 is 17.7 Å². The van der Waals surface area contributed by atoms with Crippen molar-refractivity contribution in [3.63, 3.8) is 0 Å². The van der Waals surface area contributed by atoms with Crippen molar-refractivity contribution in [3.8, 4) is 0 Å². The van der Waals surface area contributed by atoms with Crippen molar-refractivity contribution in [3.05, 3.63) is 54.1 Å². The molecule has 2 N–H and O–H groups in total. The van der Waals surface area contributed by atoms with Crippen LogP contribution >= 0.6 is 0 Å². The van der Waals surface area contributed by atoms with Gasteiger partial charge < -0.3 is 29.9 Å². The summed E-state index contributed by atoms with van der Waals surface area (Å²) >= 11 is 0. The lowest BCUT2D eigenvalue weighted by molar-refractivity contribution is -0.130. The number of rotatable bonds is 9. The number of fused-ring (bicyclic) bond motifs is 1. The van der Waals surface area contributed by atoms with Crippen LogP contribution in [0.1, 0.15) is 17.4 Å². The number of carbonyl (C=O) groups excluding carboxylic acids is 4. The van der Waals surface area contributed by atoms with E-state index in [1.54, 1.807) is 59.9 Å². The summed E-state index contributed by atoms with van der Waals surface area (Å²) in [6, 6.07) is 4.09. The fourth-order valence-corrected chi connectivity index (χ4v) is 4.49. The smallest absolute Gasteiger partial charge is 0.414 e. The molecule has 1 aromatic carbocycles. The molecule has 4 heterocycles. The van der Waals surface area contributed by atoms with Gasteiger partial charge in [0.25, 0.3) is 6.47 Å². The molecule has 2 fully saturated rings. The van der Waals surface area contributed by atoms with Gasteiger partial charge in [0.1, 0.15) is 17.5 Å². The Bertz CT molecular complexity index is 1360. The van der Waals surface area contributed by atoms with Gasteiger partial charge in [-0.05, 0) is 27.1 Å². The van der Waals surface area contributed by atoms with Crippen molar-refractivity contribution >= 4 is 41.9 Å². The van der Waals surface area contributed by atoms with Crippen molar-refractivity contribution < 1.29 is 37.4 Å². The number of hydrogen-bond acceptors (Lipinski definition) is 11. The van der Waals surface area contributed by atoms with E-state index in [9.17, 15) is 28.0 Å². The second-order valence-corrected chi connectivity index (χ2v) is 9.49. The van der Waals surface area contributed by atoms with Crippen molar-refractivity contribution in [2.24, 2.45) is 0 Å². The van der Waals surface area contributed by atoms with Gasteiger partial charge in [-0.15, -0.1) is 0 Å². The average molecular weight is 619 g/mol. The highest BCUT2D eigenvalue weighted by molar-refractivity contribution is 5.90. The zero-order chi connectivity index (χ0) is 32.1. The number of benzene rings is 1. The molecule has 2 amide bonds. The summed E-state index contributed by atoms with van der Waals surface area (Å²) in [5.74, 6) is -0.971. The maximum atomic E-state index is 14.7. The maximum Gasteiger partial charge on any atom is 0.414 e. The number of nitrogens with zero attached hydrogens (tertiary/aromatic N) is 6. The number of aromatic nitrogens is 3. The highest BCUT2D eigenvalue weighted by atomic mass is 19.1. The van der Waals surface area contributed by atoms with E-state index >= 15 is 0 Å². The Kier molecular flexibility index (Phi) is 12.9. The molecule has 14 nitrogen and oxygen atoms in total. The number of cyclic esters (lactones) is 1. The number of amides is 2. The van der Waals surface area contributed by atoms with Crippen LogP contribution < -0.4 is 20.4 Å². The zero-order valence-corrected chi connectivity index (χ0v) is 24.7. The predicted octanol–water partition coefficient (Wildman–Crippen LogP) is 1.10. The van der Waals surface area contributed by atoms with Gasteiger partial charge in [-0.25, -0.2) is 23.5 Å². The molecular weight excluding hydrogens is 582 g/mol. The number of hydrogen-bond donors (Lipinski definition) is 2. The first-order valence-corrected chi connectivity index (χ1v) is 13.8. The van der Waals surface area contributed by atoms with Gasteiger partial charge in [-0.1, -0.05) is 0 Å². The van der Waals surface area contributed by atoms with Crippen LogP contribution in [0.15, 0.2) is 36.8 Å². The fraction of sp³-hybridized carbons (Fsp3) is 0.429. The van der Waals surface area contributed by atoms with E-state index in [-0.39, 0.29) is 36.5 Å². The SMILES string of the molecule is CCOC=O.CNCC(=O)N1CCN(c2c(F)cc(N3CC(CNC)OC3=O)cc2F)CC1.O=Cc1cn2cccnc2n1. The van der Waals surface area contributed by atoms with Gasteiger partial charge in [-0.3, -0.25) is 23.7 Å². The molecular formula is C28H36F2N8O6. The van der Waals surface area contributed by atoms with E-state index in [1.807, 2.05) is 0 Å². The minimum Gasteiger partial charge on any atom is -0.468 e. The Morgan fingerprint density at radius 2 is 1.84 bits per heavy atom. The molecule has 5 rings (SSSR count). The molecule has 1 atom stereocenters. The average Bonchev–Trinajstić information content (AvgIpc) is 3.61. The van der Waals surface area contributed by atoms with E-state index in [0.29, 0.717) is 63.6 Å². The summed E-state index contributed by atoms with van der Waals surface area (Å²) in [5, 5.41) is 5.71. The van der Waals surface area contributed by atoms with E-state index in [0.717, 1.165) is 12.1 Å². The molecule has 44 heavy (non-hydrogen) atoms. The molecule has 0 bridgehead atoms. The largest absolute Gasteiger partial charge is 0.468 e. The summed E-state index contributed by atoms with van der Waals surface area (Å²) < 4.78 is 40.5. The van der Waals surface area contributed by atoms with Gasteiger partial charge >= 0.3 is 6.09 Å². The Morgan fingerprint density at radius 3 is 2.39 bits per heavy atom. The minimum atomic E-state index is -0.741. The first kappa shape index (κ1) is 33.8. The second-order valence-electron chi connectivity index (χ2n) is 9.49. The number of piperazine rings is 1. The predicted molar refractivity (Wildman–Crippen MR) is 157 cm³/mol. The quantitative estimate of drug-likeness (QED) is 0.332. The lowest BCUT2D eigenvalue weighted by atomic mass is 10.2. The molecule has 2 aliphatic heterocycles. The van der Waals surface area contributed by atoms with E-state index in [2.05, 4.69) is 25.3 Å². The van der Waals surface area contributed by atoms with Gasteiger partial charge in [0.05, 0.1) is 25.4 Å². The third-order valence-electron chi connectivity index (χ3n) is 6.51. The number of halogens is 2. The standard InChI is InChI=1S/C18H25F2N5O3.C7H5N3O.C3H6O2/c1-21-9-13-11-25(18(27)28-13)12-7-14(19)17(15(20)8-12)24-5-3-23(4-6-24)16(26)10-22-2;11-5-6-4-10-3-1-2-8-7(10)9-6;1-2-5-3-4/h7-8,13,21-22H,3-6,9-11H2,1-2H3;1-5H;3H,2H2,1H3. The monoisotopic (exact) mass is 618 g/mol.